The van der Waals surface area contributed by atoms with E-state index >= 15 is 0 Å². The molecule has 31 heavy (non-hydrogen) atoms. The van der Waals surface area contributed by atoms with Crippen LogP contribution in [0.2, 0.25) is 0 Å². The topological polar surface area (TPSA) is 105 Å². The molecule has 164 valence electrons. The maximum absolute atomic E-state index is 11.9. The SMILES string of the molecule is COCc1ccccc1-c1cnc(-c2cc([C@H]3CC[C@@H](OC(=O)NC(C)C)C3)[nH]n2)[nH]1. The average Bonchev–Trinajstić information content (AvgIpc) is 3.48. The van der Waals surface area contributed by atoms with Gasteiger partial charge in [-0.1, -0.05) is 24.3 Å². The van der Waals surface area contributed by atoms with E-state index in [1.54, 1.807) is 7.11 Å². The molecule has 1 saturated carbocycles. The Morgan fingerprint density at radius 1 is 1.29 bits per heavy atom. The zero-order valence-electron chi connectivity index (χ0n) is 18.1. The Hall–Kier alpha value is -3.13. The second kappa shape index (κ2) is 9.34. The monoisotopic (exact) mass is 423 g/mol. The van der Waals surface area contributed by atoms with Crippen LogP contribution >= 0.6 is 0 Å². The molecule has 3 aromatic rings. The van der Waals surface area contributed by atoms with Crippen molar-refractivity contribution in [3.63, 3.8) is 0 Å². The molecule has 1 amide bonds. The molecule has 8 heteroatoms. The van der Waals surface area contributed by atoms with Crippen molar-refractivity contribution in [2.45, 2.75) is 57.8 Å². The Bertz CT molecular complexity index is 1030. The van der Waals surface area contributed by atoms with E-state index in [4.69, 9.17) is 9.47 Å². The highest BCUT2D eigenvalue weighted by Crippen LogP contribution is 2.36. The molecule has 1 aromatic carbocycles. The van der Waals surface area contributed by atoms with Crippen LogP contribution in [0.4, 0.5) is 4.79 Å². The van der Waals surface area contributed by atoms with Crippen LogP contribution in [0.5, 0.6) is 0 Å². The number of carbonyl (C=O) groups is 1. The molecule has 0 aliphatic heterocycles. The molecule has 8 nitrogen and oxygen atoms in total. The van der Waals surface area contributed by atoms with Gasteiger partial charge < -0.3 is 19.8 Å². The summed E-state index contributed by atoms with van der Waals surface area (Å²) in [4.78, 5) is 19.8. The Kier molecular flexibility index (Phi) is 6.36. The highest BCUT2D eigenvalue weighted by atomic mass is 16.6. The quantitative estimate of drug-likeness (QED) is 0.523. The van der Waals surface area contributed by atoms with Gasteiger partial charge >= 0.3 is 6.09 Å². The van der Waals surface area contributed by atoms with Crippen molar-refractivity contribution in [2.24, 2.45) is 0 Å². The van der Waals surface area contributed by atoms with E-state index < -0.39 is 0 Å². The number of carbonyl (C=O) groups excluding carboxylic acids is 1. The second-order valence-electron chi connectivity index (χ2n) is 8.28. The van der Waals surface area contributed by atoms with Gasteiger partial charge in [-0.05, 0) is 44.7 Å². The third-order valence-corrected chi connectivity index (χ3v) is 5.53. The molecule has 0 unspecified atom stereocenters. The van der Waals surface area contributed by atoms with Crippen molar-refractivity contribution in [1.29, 1.82) is 0 Å². The fourth-order valence-electron chi connectivity index (χ4n) is 4.07. The van der Waals surface area contributed by atoms with Crippen LogP contribution in [0, 0.1) is 0 Å². The lowest BCUT2D eigenvalue weighted by atomic mass is 10.0. The van der Waals surface area contributed by atoms with Crippen LogP contribution in [0.3, 0.4) is 0 Å². The van der Waals surface area contributed by atoms with Crippen LogP contribution in [0.1, 0.15) is 50.3 Å². The second-order valence-corrected chi connectivity index (χ2v) is 8.28. The van der Waals surface area contributed by atoms with E-state index in [-0.39, 0.29) is 24.2 Å². The Labute approximate surface area is 181 Å². The molecule has 4 rings (SSSR count). The first-order chi connectivity index (χ1) is 15.0. The minimum Gasteiger partial charge on any atom is -0.446 e. The minimum atomic E-state index is -0.345. The minimum absolute atomic E-state index is 0.0667. The normalized spacial score (nSPS) is 18.5. The molecular formula is C23H29N5O3. The van der Waals surface area contributed by atoms with Crippen LogP contribution < -0.4 is 5.32 Å². The summed E-state index contributed by atoms with van der Waals surface area (Å²) in [5.74, 6) is 1.00. The van der Waals surface area contributed by atoms with Gasteiger partial charge in [0.05, 0.1) is 18.5 Å². The molecule has 3 N–H and O–H groups in total. The van der Waals surface area contributed by atoms with Crippen LogP contribution in [0.25, 0.3) is 22.8 Å². The van der Waals surface area contributed by atoms with Crippen molar-refractivity contribution in [2.75, 3.05) is 7.11 Å². The van der Waals surface area contributed by atoms with E-state index in [0.717, 1.165) is 47.5 Å². The summed E-state index contributed by atoms with van der Waals surface area (Å²) in [6.07, 6.45) is 4.01. The van der Waals surface area contributed by atoms with Gasteiger partial charge in [-0.2, -0.15) is 5.10 Å². The number of aromatic amines is 2. The lowest BCUT2D eigenvalue weighted by molar-refractivity contribution is 0.0981. The van der Waals surface area contributed by atoms with E-state index in [2.05, 4.69) is 31.5 Å². The summed E-state index contributed by atoms with van der Waals surface area (Å²) < 4.78 is 10.8. The summed E-state index contributed by atoms with van der Waals surface area (Å²) >= 11 is 0. The van der Waals surface area contributed by atoms with Gasteiger partial charge in [0.2, 0.25) is 0 Å². The van der Waals surface area contributed by atoms with Gasteiger partial charge in [-0.3, -0.25) is 5.10 Å². The summed E-state index contributed by atoms with van der Waals surface area (Å²) in [6, 6.07) is 10.2. The van der Waals surface area contributed by atoms with Crippen molar-refractivity contribution in [3.05, 3.63) is 47.8 Å². The van der Waals surface area contributed by atoms with Gasteiger partial charge in [-0.15, -0.1) is 0 Å². The third-order valence-electron chi connectivity index (χ3n) is 5.53. The Balaban J connectivity index is 1.43. The van der Waals surface area contributed by atoms with E-state index in [1.807, 2.05) is 44.3 Å². The number of ether oxygens (including phenoxy) is 2. The number of nitrogens with one attached hydrogen (secondary N) is 3. The zero-order valence-corrected chi connectivity index (χ0v) is 18.1. The summed E-state index contributed by atoms with van der Waals surface area (Å²) in [5, 5.41) is 10.4. The van der Waals surface area contributed by atoms with Gasteiger partial charge in [0.15, 0.2) is 5.82 Å². The van der Waals surface area contributed by atoms with Crippen molar-refractivity contribution >= 4 is 6.09 Å². The highest BCUT2D eigenvalue weighted by Gasteiger charge is 2.30. The molecule has 0 bridgehead atoms. The van der Waals surface area contributed by atoms with Gasteiger partial charge in [0.25, 0.3) is 0 Å². The standard InChI is InChI=1S/C23H29N5O3/c1-14(2)25-23(29)31-17-9-8-15(10-17)19-11-20(28-27-19)22-24-12-21(26-22)18-7-5-4-6-16(18)13-30-3/h4-7,11-12,14-15,17H,8-10,13H2,1-3H3,(H,24,26)(H,25,29)(H,27,28)/t15-,17+/m0/s1. The average molecular weight is 424 g/mol. The summed E-state index contributed by atoms with van der Waals surface area (Å²) in [7, 11) is 1.69. The van der Waals surface area contributed by atoms with E-state index in [1.165, 1.54) is 0 Å². The number of hydrogen-bond acceptors (Lipinski definition) is 5. The molecule has 2 atom stereocenters. The largest absolute Gasteiger partial charge is 0.446 e. The molecule has 1 fully saturated rings. The first-order valence-corrected chi connectivity index (χ1v) is 10.7. The number of alkyl carbamates (subject to hydrolysis) is 1. The molecule has 0 saturated heterocycles. The molecular weight excluding hydrogens is 394 g/mol. The predicted molar refractivity (Wildman–Crippen MR) is 117 cm³/mol. The Morgan fingerprint density at radius 2 is 2.13 bits per heavy atom. The van der Waals surface area contributed by atoms with Gasteiger partial charge in [-0.25, -0.2) is 9.78 Å². The number of H-pyrrole nitrogens is 2. The molecule has 2 aromatic heterocycles. The number of amides is 1. The van der Waals surface area contributed by atoms with Gasteiger partial charge in [0.1, 0.15) is 11.8 Å². The number of rotatable bonds is 7. The zero-order chi connectivity index (χ0) is 21.8. The number of imidazole rings is 1. The number of benzene rings is 1. The highest BCUT2D eigenvalue weighted by molar-refractivity contribution is 5.68. The number of hydrogen-bond donors (Lipinski definition) is 3. The maximum atomic E-state index is 11.9. The van der Waals surface area contributed by atoms with E-state index in [0.29, 0.717) is 12.4 Å². The molecule has 1 aliphatic carbocycles. The maximum Gasteiger partial charge on any atom is 0.407 e. The van der Waals surface area contributed by atoms with Crippen LogP contribution in [-0.4, -0.2) is 45.5 Å². The molecule has 0 radical (unpaired) electrons. The fourth-order valence-corrected chi connectivity index (χ4v) is 4.07. The van der Waals surface area contributed by atoms with Crippen LogP contribution in [-0.2, 0) is 16.1 Å². The van der Waals surface area contributed by atoms with Crippen molar-refractivity contribution < 1.29 is 14.3 Å². The predicted octanol–water partition coefficient (Wildman–Crippen LogP) is 4.38. The Morgan fingerprint density at radius 3 is 2.94 bits per heavy atom. The number of aromatic nitrogens is 4. The fraction of sp³-hybridized carbons (Fsp3) is 0.435. The first kappa shape index (κ1) is 21.1. The third kappa shape index (κ3) is 4.96. The summed E-state index contributed by atoms with van der Waals surface area (Å²) in [5.41, 5.74) is 4.91. The lowest BCUT2D eigenvalue weighted by Crippen LogP contribution is -2.33. The first-order valence-electron chi connectivity index (χ1n) is 10.7. The van der Waals surface area contributed by atoms with Crippen LogP contribution in [0.15, 0.2) is 36.5 Å². The number of methoxy groups -OCH3 is 1. The molecule has 1 aliphatic rings. The molecule has 0 spiro atoms. The smallest absolute Gasteiger partial charge is 0.407 e. The number of nitrogens with zero attached hydrogens (tertiary/aromatic N) is 2. The molecule has 2 heterocycles. The van der Waals surface area contributed by atoms with Crippen molar-refractivity contribution in [1.82, 2.24) is 25.5 Å². The van der Waals surface area contributed by atoms with Gasteiger partial charge in [0, 0.05) is 30.3 Å². The summed E-state index contributed by atoms with van der Waals surface area (Å²) in [6.45, 7) is 4.37. The van der Waals surface area contributed by atoms with E-state index in [9.17, 15) is 4.79 Å². The van der Waals surface area contributed by atoms with Crippen molar-refractivity contribution in [3.8, 4) is 22.8 Å². The lowest BCUT2D eigenvalue weighted by Gasteiger charge is -2.14.